The van der Waals surface area contributed by atoms with Crippen LogP contribution in [0.2, 0.25) is 5.02 Å². The van der Waals surface area contributed by atoms with Gasteiger partial charge < -0.3 is 25.2 Å². The monoisotopic (exact) mass is 679 g/mol. The molecule has 0 spiro atoms. The highest BCUT2D eigenvalue weighted by molar-refractivity contribution is 6.31. The summed E-state index contributed by atoms with van der Waals surface area (Å²) < 4.78 is 11.9. The Hall–Kier alpha value is -5.19. The lowest BCUT2D eigenvalue weighted by Gasteiger charge is -2.28. The highest BCUT2D eigenvalue weighted by Gasteiger charge is 2.30. The number of aromatic nitrogens is 1. The van der Waals surface area contributed by atoms with Gasteiger partial charge >= 0.3 is 11.9 Å². The molecule has 0 radical (unpaired) electrons. The molecule has 0 aliphatic carbocycles. The molecule has 254 valence electrons. The molecule has 0 aliphatic rings. The Labute approximate surface area is 283 Å². The molecule has 0 aliphatic heterocycles. The molecule has 13 nitrogen and oxygen atoms in total. The summed E-state index contributed by atoms with van der Waals surface area (Å²) in [5.74, 6) is -3.04. The van der Waals surface area contributed by atoms with Crippen molar-refractivity contribution in [3.05, 3.63) is 81.2 Å². The number of carboxylic acid groups (broad SMARTS) is 1. The zero-order valence-corrected chi connectivity index (χ0v) is 28.2. The first-order valence-electron chi connectivity index (χ1n) is 15.0. The number of hydrogen-bond donors (Lipinski definition) is 3. The number of aliphatic carboxylic acids is 1. The van der Waals surface area contributed by atoms with Gasteiger partial charge in [-0.1, -0.05) is 32.4 Å². The number of pyridine rings is 1. The molecule has 14 heteroatoms. The number of nitriles is 1. The number of anilines is 1. The van der Waals surface area contributed by atoms with Gasteiger partial charge in [0.15, 0.2) is 6.04 Å². The number of likely N-dealkylation sites (N-methyl/N-ethyl adjacent to an activating group) is 1. The van der Waals surface area contributed by atoms with Crippen molar-refractivity contribution < 1.29 is 33.8 Å². The van der Waals surface area contributed by atoms with E-state index < -0.39 is 54.0 Å². The smallest absolute Gasteiger partial charge is 0.338 e. The number of carbonyl (C=O) groups is 4. The zero-order chi connectivity index (χ0) is 35.7. The summed E-state index contributed by atoms with van der Waals surface area (Å²) in [4.78, 5) is 65.3. The highest BCUT2D eigenvalue weighted by atomic mass is 35.5. The third kappa shape index (κ3) is 8.99. The van der Waals surface area contributed by atoms with E-state index in [9.17, 15) is 34.3 Å². The predicted molar refractivity (Wildman–Crippen MR) is 179 cm³/mol. The second-order valence-electron chi connectivity index (χ2n) is 11.4. The molecule has 2 amide bonds. The van der Waals surface area contributed by atoms with Gasteiger partial charge in [-0.2, -0.15) is 5.26 Å². The summed E-state index contributed by atoms with van der Waals surface area (Å²) >= 11 is 6.14. The predicted octanol–water partition coefficient (Wildman–Crippen LogP) is 3.95. The standard InChI is InChI=1S/C34H38ClN5O8/c1-7-27(40-17-28(47-6)25(15-29(40)41)24-14-22(35)11-8-21(24)16-36)31(42)37-23-12-9-20(10-13-23)34(46)48-18-26(33(44)45)38-32(43)30(19(2)3)39(4)5/h8-15,17,19,26-27,30H,7,18H2,1-6H3,(H,37,42)(H,38,43)(H,44,45)/t26-,27?,30-/m0/s1. The van der Waals surface area contributed by atoms with Gasteiger partial charge in [-0.25, -0.2) is 9.59 Å². The Morgan fingerprint density at radius 1 is 1.04 bits per heavy atom. The van der Waals surface area contributed by atoms with Gasteiger partial charge in [-0.05, 0) is 68.9 Å². The van der Waals surface area contributed by atoms with E-state index in [2.05, 4.69) is 16.7 Å². The van der Waals surface area contributed by atoms with Crippen LogP contribution in [0.25, 0.3) is 11.1 Å². The van der Waals surface area contributed by atoms with Gasteiger partial charge in [-0.3, -0.25) is 23.9 Å². The minimum atomic E-state index is -1.46. The van der Waals surface area contributed by atoms with Crippen molar-refractivity contribution in [2.75, 3.05) is 33.1 Å². The van der Waals surface area contributed by atoms with E-state index in [0.29, 0.717) is 27.4 Å². The van der Waals surface area contributed by atoms with E-state index in [-0.39, 0.29) is 23.7 Å². The molecule has 1 aromatic heterocycles. The van der Waals surface area contributed by atoms with Gasteiger partial charge in [0, 0.05) is 27.9 Å². The number of carboxylic acids is 1. The molecule has 3 N–H and O–H groups in total. The first kappa shape index (κ1) is 37.3. The average molecular weight is 680 g/mol. The number of halogens is 1. The maximum atomic E-state index is 13.3. The lowest BCUT2D eigenvalue weighted by atomic mass is 10.00. The first-order valence-corrected chi connectivity index (χ1v) is 15.4. The normalized spacial score (nSPS) is 12.8. The second-order valence-corrected chi connectivity index (χ2v) is 11.9. The number of hydrogen-bond acceptors (Lipinski definition) is 9. The zero-order valence-electron chi connectivity index (χ0n) is 27.4. The van der Waals surface area contributed by atoms with Crippen molar-refractivity contribution >= 4 is 41.0 Å². The van der Waals surface area contributed by atoms with E-state index >= 15 is 0 Å². The minimum Gasteiger partial charge on any atom is -0.495 e. The van der Waals surface area contributed by atoms with Crippen molar-refractivity contribution in [3.63, 3.8) is 0 Å². The number of ether oxygens (including phenoxy) is 2. The number of benzene rings is 2. The Morgan fingerprint density at radius 2 is 1.71 bits per heavy atom. The number of rotatable bonds is 14. The number of amides is 2. The quantitative estimate of drug-likeness (QED) is 0.211. The average Bonchev–Trinajstić information content (AvgIpc) is 3.03. The molecular formula is C34H38ClN5O8. The van der Waals surface area contributed by atoms with Gasteiger partial charge in [-0.15, -0.1) is 0 Å². The molecule has 0 bridgehead atoms. The summed E-state index contributed by atoms with van der Waals surface area (Å²) in [6.45, 7) is 4.80. The third-order valence-corrected chi connectivity index (χ3v) is 7.76. The van der Waals surface area contributed by atoms with E-state index in [1.165, 1.54) is 54.3 Å². The summed E-state index contributed by atoms with van der Waals surface area (Å²) in [6, 6.07) is 10.7. The first-order chi connectivity index (χ1) is 22.7. The van der Waals surface area contributed by atoms with E-state index in [1.807, 2.05) is 13.8 Å². The minimum absolute atomic E-state index is 0.0816. The van der Waals surface area contributed by atoms with Crippen LogP contribution in [-0.2, 0) is 19.1 Å². The number of esters is 1. The third-order valence-electron chi connectivity index (χ3n) is 7.52. The maximum absolute atomic E-state index is 13.3. The number of methoxy groups -OCH3 is 1. The summed E-state index contributed by atoms with van der Waals surface area (Å²) in [7, 11) is 4.82. The van der Waals surface area contributed by atoms with Crippen LogP contribution in [0.1, 0.15) is 49.2 Å². The fourth-order valence-electron chi connectivity index (χ4n) is 5.21. The van der Waals surface area contributed by atoms with Crippen molar-refractivity contribution in [3.8, 4) is 22.9 Å². The van der Waals surface area contributed by atoms with Crippen molar-refractivity contribution in [1.82, 2.24) is 14.8 Å². The Balaban J connectivity index is 1.72. The van der Waals surface area contributed by atoms with Gasteiger partial charge in [0.05, 0.1) is 36.5 Å². The summed E-state index contributed by atoms with van der Waals surface area (Å²) in [5, 5.41) is 24.6. The Bertz CT molecular complexity index is 1760. The van der Waals surface area contributed by atoms with E-state index in [0.717, 1.165) is 0 Å². The van der Waals surface area contributed by atoms with Gasteiger partial charge in [0.2, 0.25) is 11.8 Å². The number of nitrogens with zero attached hydrogens (tertiary/aromatic N) is 3. The molecule has 0 fully saturated rings. The second kappa shape index (κ2) is 16.6. The van der Waals surface area contributed by atoms with Crippen LogP contribution < -0.4 is 20.9 Å². The van der Waals surface area contributed by atoms with E-state index in [4.69, 9.17) is 21.1 Å². The van der Waals surface area contributed by atoms with Crippen LogP contribution in [-0.4, -0.2) is 78.2 Å². The number of carbonyl (C=O) groups excluding carboxylic acids is 3. The molecule has 0 saturated heterocycles. The fraction of sp³-hybridized carbons (Fsp3) is 0.353. The van der Waals surface area contributed by atoms with Crippen molar-refractivity contribution in [2.45, 2.75) is 45.3 Å². The Morgan fingerprint density at radius 3 is 2.25 bits per heavy atom. The molecule has 1 unspecified atom stereocenters. The van der Waals surface area contributed by atoms with Crippen LogP contribution in [0.3, 0.4) is 0 Å². The van der Waals surface area contributed by atoms with Gasteiger partial charge in [0.25, 0.3) is 5.56 Å². The molecule has 3 rings (SSSR count). The van der Waals surface area contributed by atoms with Crippen molar-refractivity contribution in [1.29, 1.82) is 5.26 Å². The topological polar surface area (TPSA) is 180 Å². The fourth-order valence-corrected chi connectivity index (χ4v) is 5.39. The summed E-state index contributed by atoms with van der Waals surface area (Å²) in [6.07, 6.45) is 1.65. The molecule has 3 aromatic rings. The van der Waals surface area contributed by atoms with Crippen LogP contribution >= 0.6 is 11.6 Å². The van der Waals surface area contributed by atoms with Crippen LogP contribution in [0, 0.1) is 17.2 Å². The molecular weight excluding hydrogens is 642 g/mol. The largest absolute Gasteiger partial charge is 0.495 e. The van der Waals surface area contributed by atoms with Gasteiger partial charge in [0.1, 0.15) is 18.4 Å². The molecule has 48 heavy (non-hydrogen) atoms. The SMILES string of the molecule is CCC(C(=O)Nc1ccc(C(=O)OC[C@H](NC(=O)[C@H](C(C)C)N(C)C)C(=O)O)cc1)n1cc(OC)c(-c2cc(Cl)ccc2C#N)cc1=O. The number of nitrogens with one attached hydrogen (secondary N) is 2. The lowest BCUT2D eigenvalue weighted by molar-refractivity contribution is -0.144. The molecule has 3 atom stereocenters. The van der Waals surface area contributed by atoms with E-state index in [1.54, 1.807) is 38.1 Å². The maximum Gasteiger partial charge on any atom is 0.338 e. The lowest BCUT2D eigenvalue weighted by Crippen LogP contribution is -2.53. The highest BCUT2D eigenvalue weighted by Crippen LogP contribution is 2.33. The Kier molecular flexibility index (Phi) is 12.9. The van der Waals surface area contributed by atoms with Crippen LogP contribution in [0.15, 0.2) is 59.5 Å². The van der Waals surface area contributed by atoms with Crippen LogP contribution in [0.4, 0.5) is 5.69 Å². The molecule has 1 heterocycles. The van der Waals surface area contributed by atoms with Crippen molar-refractivity contribution in [2.24, 2.45) is 5.92 Å². The molecule has 2 aromatic carbocycles. The van der Waals surface area contributed by atoms with Crippen LogP contribution in [0.5, 0.6) is 5.75 Å². The summed E-state index contributed by atoms with van der Waals surface area (Å²) in [5.41, 5.74) is 0.948. The molecule has 0 saturated carbocycles.